The molecule has 0 bridgehead atoms. The van der Waals surface area contributed by atoms with Crippen molar-refractivity contribution < 1.29 is 4.92 Å². The maximum atomic E-state index is 10.8. The van der Waals surface area contributed by atoms with Gasteiger partial charge in [-0.2, -0.15) is 0 Å². The van der Waals surface area contributed by atoms with Gasteiger partial charge in [0.15, 0.2) is 0 Å². The number of nitrogens with zero attached hydrogens (tertiary/aromatic N) is 1. The van der Waals surface area contributed by atoms with Gasteiger partial charge in [-0.25, -0.2) is 0 Å². The second-order valence-corrected chi connectivity index (χ2v) is 4.35. The molecule has 1 atom stereocenters. The Morgan fingerprint density at radius 3 is 2.16 bits per heavy atom. The zero-order valence-electron chi connectivity index (χ0n) is 10.5. The summed E-state index contributed by atoms with van der Waals surface area (Å²) in [6, 6.07) is 19.1. The Balaban J connectivity index is 2.04. The fourth-order valence-electron chi connectivity index (χ4n) is 1.96. The van der Waals surface area contributed by atoms with Crippen LogP contribution in [0.25, 0.3) is 0 Å². The van der Waals surface area contributed by atoms with Gasteiger partial charge in [0.05, 0.1) is 6.04 Å². The predicted octanol–water partition coefficient (Wildman–Crippen LogP) is 2.79. The van der Waals surface area contributed by atoms with Crippen molar-refractivity contribution in [3.05, 3.63) is 81.9 Å². The number of hydrogen-bond donors (Lipinski definition) is 1. The van der Waals surface area contributed by atoms with E-state index in [-0.39, 0.29) is 17.5 Å². The molecular formula is C15H16N2O2. The lowest BCUT2D eigenvalue weighted by Crippen LogP contribution is -2.27. The Morgan fingerprint density at radius 2 is 1.58 bits per heavy atom. The molecule has 0 aliphatic heterocycles. The second kappa shape index (κ2) is 6.66. The molecular weight excluding hydrogens is 240 g/mol. The van der Waals surface area contributed by atoms with E-state index in [1.54, 1.807) is 0 Å². The normalized spacial score (nSPS) is 12.0. The van der Waals surface area contributed by atoms with Gasteiger partial charge in [-0.15, -0.1) is 0 Å². The van der Waals surface area contributed by atoms with Gasteiger partial charge in [-0.1, -0.05) is 60.7 Å². The topological polar surface area (TPSA) is 55.2 Å². The summed E-state index contributed by atoms with van der Waals surface area (Å²) in [5, 5.41) is 14.0. The molecule has 0 saturated carbocycles. The molecule has 0 aromatic heterocycles. The van der Waals surface area contributed by atoms with Crippen molar-refractivity contribution in [2.24, 2.45) is 0 Å². The molecule has 2 aromatic carbocycles. The molecule has 0 fully saturated rings. The first kappa shape index (κ1) is 13.2. The summed E-state index contributed by atoms with van der Waals surface area (Å²) in [6.07, 6.45) is 0. The Bertz CT molecular complexity index is 514. The van der Waals surface area contributed by atoms with Crippen LogP contribution in [0.3, 0.4) is 0 Å². The molecule has 1 N–H and O–H groups in total. The summed E-state index contributed by atoms with van der Waals surface area (Å²) >= 11 is 0. The van der Waals surface area contributed by atoms with Gasteiger partial charge in [0, 0.05) is 11.5 Å². The van der Waals surface area contributed by atoms with E-state index in [4.69, 9.17) is 0 Å². The van der Waals surface area contributed by atoms with Gasteiger partial charge in [0.25, 0.3) is 0 Å². The van der Waals surface area contributed by atoms with Crippen LogP contribution >= 0.6 is 0 Å². The highest BCUT2D eigenvalue weighted by atomic mass is 16.6. The van der Waals surface area contributed by atoms with Gasteiger partial charge in [-0.05, 0) is 11.1 Å². The lowest BCUT2D eigenvalue weighted by Gasteiger charge is -2.15. The standard InChI is InChI=1S/C15H16N2O2/c18-17(19)12-15(14-9-5-2-6-10-14)16-11-13-7-3-1-4-8-13/h1-10,15-16H,11-12H2. The Kier molecular flexibility index (Phi) is 4.64. The second-order valence-electron chi connectivity index (χ2n) is 4.35. The molecule has 0 amide bonds. The van der Waals surface area contributed by atoms with Crippen molar-refractivity contribution in [2.45, 2.75) is 12.6 Å². The van der Waals surface area contributed by atoms with Gasteiger partial charge in [-0.3, -0.25) is 10.1 Å². The van der Waals surface area contributed by atoms with Gasteiger partial charge < -0.3 is 5.32 Å². The molecule has 2 rings (SSSR count). The minimum Gasteiger partial charge on any atom is -0.300 e. The van der Waals surface area contributed by atoms with Crippen molar-refractivity contribution in [1.29, 1.82) is 0 Å². The van der Waals surface area contributed by atoms with E-state index in [0.29, 0.717) is 6.54 Å². The quantitative estimate of drug-likeness (QED) is 0.638. The predicted molar refractivity (Wildman–Crippen MR) is 74.3 cm³/mol. The monoisotopic (exact) mass is 256 g/mol. The van der Waals surface area contributed by atoms with E-state index in [0.717, 1.165) is 11.1 Å². The average molecular weight is 256 g/mol. The third-order valence-corrected chi connectivity index (χ3v) is 2.93. The Labute approximate surface area is 112 Å². The van der Waals surface area contributed by atoms with E-state index >= 15 is 0 Å². The highest BCUT2D eigenvalue weighted by Crippen LogP contribution is 2.13. The molecule has 0 spiro atoms. The van der Waals surface area contributed by atoms with E-state index < -0.39 is 0 Å². The molecule has 19 heavy (non-hydrogen) atoms. The number of nitro groups is 1. The molecule has 4 heteroatoms. The van der Waals surface area contributed by atoms with Crippen LogP contribution in [0.15, 0.2) is 60.7 Å². The highest BCUT2D eigenvalue weighted by molar-refractivity contribution is 5.20. The fraction of sp³-hybridized carbons (Fsp3) is 0.200. The average Bonchev–Trinajstić information content (AvgIpc) is 2.45. The zero-order valence-corrected chi connectivity index (χ0v) is 10.5. The molecule has 0 saturated heterocycles. The van der Waals surface area contributed by atoms with Crippen LogP contribution in [0.2, 0.25) is 0 Å². The van der Waals surface area contributed by atoms with E-state index in [1.165, 1.54) is 0 Å². The molecule has 98 valence electrons. The van der Waals surface area contributed by atoms with Crippen LogP contribution in [0.4, 0.5) is 0 Å². The maximum absolute atomic E-state index is 10.8. The van der Waals surface area contributed by atoms with E-state index in [2.05, 4.69) is 5.32 Å². The van der Waals surface area contributed by atoms with Crippen molar-refractivity contribution in [3.8, 4) is 0 Å². The van der Waals surface area contributed by atoms with Gasteiger partial charge in [0.2, 0.25) is 6.54 Å². The van der Waals surface area contributed by atoms with Crippen molar-refractivity contribution in [1.82, 2.24) is 5.32 Å². The van der Waals surface area contributed by atoms with Crippen LogP contribution in [-0.4, -0.2) is 11.5 Å². The zero-order chi connectivity index (χ0) is 13.5. The van der Waals surface area contributed by atoms with Gasteiger partial charge in [0.1, 0.15) is 0 Å². The van der Waals surface area contributed by atoms with Crippen molar-refractivity contribution >= 4 is 0 Å². The fourth-order valence-corrected chi connectivity index (χ4v) is 1.96. The van der Waals surface area contributed by atoms with Crippen LogP contribution < -0.4 is 5.32 Å². The summed E-state index contributed by atoms with van der Waals surface area (Å²) in [5.41, 5.74) is 2.06. The molecule has 1 unspecified atom stereocenters. The molecule has 2 aromatic rings. The van der Waals surface area contributed by atoms with Crippen LogP contribution in [0, 0.1) is 10.1 Å². The van der Waals surface area contributed by atoms with Crippen LogP contribution in [0.5, 0.6) is 0 Å². The van der Waals surface area contributed by atoms with Crippen molar-refractivity contribution in [3.63, 3.8) is 0 Å². The minimum atomic E-state index is -0.282. The smallest absolute Gasteiger partial charge is 0.223 e. The minimum absolute atomic E-state index is 0.114. The Hall–Kier alpha value is -2.20. The van der Waals surface area contributed by atoms with Crippen LogP contribution in [0.1, 0.15) is 17.2 Å². The number of nitrogens with one attached hydrogen (secondary N) is 1. The van der Waals surface area contributed by atoms with Crippen LogP contribution in [-0.2, 0) is 6.54 Å². The summed E-state index contributed by atoms with van der Waals surface area (Å²) in [7, 11) is 0. The lowest BCUT2D eigenvalue weighted by atomic mass is 10.1. The third-order valence-electron chi connectivity index (χ3n) is 2.93. The summed E-state index contributed by atoms with van der Waals surface area (Å²) in [5.74, 6) is 0. The largest absolute Gasteiger partial charge is 0.300 e. The molecule has 0 radical (unpaired) electrons. The first-order chi connectivity index (χ1) is 9.25. The number of benzene rings is 2. The lowest BCUT2D eigenvalue weighted by molar-refractivity contribution is -0.484. The number of hydrogen-bond acceptors (Lipinski definition) is 3. The SMILES string of the molecule is O=[N+]([O-])CC(NCc1ccccc1)c1ccccc1. The third kappa shape index (κ3) is 4.19. The van der Waals surface area contributed by atoms with E-state index in [9.17, 15) is 10.1 Å². The highest BCUT2D eigenvalue weighted by Gasteiger charge is 2.16. The summed E-state index contributed by atoms with van der Waals surface area (Å²) in [4.78, 5) is 10.5. The van der Waals surface area contributed by atoms with Crippen molar-refractivity contribution in [2.75, 3.05) is 6.54 Å². The first-order valence-electron chi connectivity index (χ1n) is 6.20. The Morgan fingerprint density at radius 1 is 1.00 bits per heavy atom. The molecule has 0 aliphatic carbocycles. The summed E-state index contributed by atoms with van der Waals surface area (Å²) < 4.78 is 0. The molecule has 0 heterocycles. The summed E-state index contributed by atoms with van der Waals surface area (Å²) in [6.45, 7) is 0.505. The van der Waals surface area contributed by atoms with Gasteiger partial charge >= 0.3 is 0 Å². The number of rotatable bonds is 6. The van der Waals surface area contributed by atoms with E-state index in [1.807, 2.05) is 60.7 Å². The molecule has 4 nitrogen and oxygen atoms in total. The molecule has 0 aliphatic rings. The first-order valence-corrected chi connectivity index (χ1v) is 6.20. The maximum Gasteiger partial charge on any atom is 0.223 e.